The van der Waals surface area contributed by atoms with Crippen LogP contribution in [0.25, 0.3) is 10.3 Å². The number of aldehydes is 1. The van der Waals surface area contributed by atoms with Crippen LogP contribution in [0.2, 0.25) is 0 Å². The van der Waals surface area contributed by atoms with Crippen molar-refractivity contribution in [2.24, 2.45) is 5.92 Å². The van der Waals surface area contributed by atoms with Gasteiger partial charge in [0.05, 0.1) is 19.3 Å². The monoisotopic (exact) mass is 431 g/mol. The van der Waals surface area contributed by atoms with Gasteiger partial charge in [-0.25, -0.2) is 18.7 Å². The highest BCUT2D eigenvalue weighted by Crippen LogP contribution is 2.32. The van der Waals surface area contributed by atoms with Crippen LogP contribution in [0.5, 0.6) is 11.1 Å². The van der Waals surface area contributed by atoms with Crippen LogP contribution >= 0.6 is 11.3 Å². The first-order chi connectivity index (χ1) is 13.9. The average Bonchev–Trinajstić information content (AvgIpc) is 3.07. The minimum atomic E-state index is -2.52. The highest BCUT2D eigenvalue weighted by atomic mass is 32.1. The Kier molecular flexibility index (Phi) is 9.62. The van der Waals surface area contributed by atoms with E-state index in [2.05, 4.69) is 22.2 Å². The molecular weight excluding hydrogens is 404 g/mol. The Labute approximate surface area is 172 Å². The lowest BCUT2D eigenvalue weighted by molar-refractivity contribution is -0.106. The maximum Gasteiger partial charge on any atom is 0.276 e. The van der Waals surface area contributed by atoms with E-state index >= 15 is 0 Å². The molecule has 7 nitrogen and oxygen atoms in total. The molecule has 2 heterocycles. The molecule has 0 aliphatic heterocycles. The molecule has 0 spiro atoms. The number of carbonyl (C=O) groups is 1. The fraction of sp³-hybridized carbons (Fsp3) is 0.632. The van der Waals surface area contributed by atoms with Gasteiger partial charge in [0.25, 0.3) is 11.6 Å². The number of likely N-dealkylation sites (N-methyl/N-ethyl adjacent to an activating group) is 1. The number of alkyl halides is 2. The molecule has 2 aromatic heterocycles. The van der Waals surface area contributed by atoms with Crippen molar-refractivity contribution in [1.82, 2.24) is 15.3 Å². The topological polar surface area (TPSA) is 82.6 Å². The number of nitrogens with one attached hydrogen (secondary N) is 1. The van der Waals surface area contributed by atoms with Crippen LogP contribution in [0.1, 0.15) is 26.7 Å². The van der Waals surface area contributed by atoms with Crippen molar-refractivity contribution < 1.29 is 27.8 Å². The molecule has 0 saturated heterocycles. The lowest BCUT2D eigenvalue weighted by atomic mass is 9.83. The zero-order chi connectivity index (χ0) is 21.2. The van der Waals surface area contributed by atoms with Crippen LogP contribution in [-0.2, 0) is 9.53 Å². The van der Waals surface area contributed by atoms with Crippen molar-refractivity contribution in [2.75, 3.05) is 26.9 Å². The number of nitrogens with zero attached hydrogens (tertiary/aromatic N) is 2. The summed E-state index contributed by atoms with van der Waals surface area (Å²) in [6.07, 6.45) is 0.520. The Morgan fingerprint density at radius 1 is 1.28 bits per heavy atom. The van der Waals surface area contributed by atoms with Gasteiger partial charge in [-0.2, -0.15) is 0 Å². The molecule has 3 rings (SSSR count). The number of hydrogen-bond donors (Lipinski definition) is 1. The summed E-state index contributed by atoms with van der Waals surface area (Å²) < 4.78 is 40.9. The number of thiazole rings is 1. The molecule has 0 amide bonds. The smallest absolute Gasteiger partial charge is 0.276 e. The molecule has 1 atom stereocenters. The summed E-state index contributed by atoms with van der Waals surface area (Å²) in [6.45, 7) is 4.17. The van der Waals surface area contributed by atoms with E-state index in [1.807, 2.05) is 7.05 Å². The number of carbonyl (C=O) groups excluding carboxylic acids is 1. The first-order valence-electron chi connectivity index (χ1n) is 9.45. The summed E-state index contributed by atoms with van der Waals surface area (Å²) in [5.74, 6) is 0.975. The number of rotatable bonds is 10. The van der Waals surface area contributed by atoms with E-state index in [1.165, 1.54) is 6.92 Å². The Bertz CT molecular complexity index is 756. The highest BCUT2D eigenvalue weighted by molar-refractivity contribution is 7.19. The zero-order valence-electron chi connectivity index (χ0n) is 16.8. The van der Waals surface area contributed by atoms with Gasteiger partial charge in [0.2, 0.25) is 5.88 Å². The van der Waals surface area contributed by atoms with E-state index in [0.29, 0.717) is 47.5 Å². The predicted molar refractivity (Wildman–Crippen MR) is 107 cm³/mol. The van der Waals surface area contributed by atoms with Gasteiger partial charge < -0.3 is 24.3 Å². The lowest BCUT2D eigenvalue weighted by Gasteiger charge is -2.35. The number of pyridine rings is 1. The summed E-state index contributed by atoms with van der Waals surface area (Å²) in [6, 6.07) is 3.85. The normalized spacial score (nSPS) is 19.2. The van der Waals surface area contributed by atoms with Crippen molar-refractivity contribution in [3.63, 3.8) is 0 Å². The fourth-order valence-electron chi connectivity index (χ4n) is 2.57. The largest absolute Gasteiger partial charge is 0.477 e. The van der Waals surface area contributed by atoms with Crippen LogP contribution in [0.4, 0.5) is 8.78 Å². The van der Waals surface area contributed by atoms with Crippen LogP contribution in [0, 0.1) is 5.92 Å². The van der Waals surface area contributed by atoms with Gasteiger partial charge in [-0.05, 0) is 45.7 Å². The number of hydrogen-bond acceptors (Lipinski definition) is 8. The Hall–Kier alpha value is -1.91. The first-order valence-corrected chi connectivity index (χ1v) is 10.3. The van der Waals surface area contributed by atoms with E-state index in [4.69, 9.17) is 19.0 Å². The first kappa shape index (κ1) is 23.4. The molecule has 1 N–H and O–H groups in total. The minimum absolute atomic E-state index is 0.194. The zero-order valence-corrected chi connectivity index (χ0v) is 17.6. The van der Waals surface area contributed by atoms with E-state index in [0.717, 1.165) is 30.5 Å². The Morgan fingerprint density at radius 2 is 2.00 bits per heavy atom. The highest BCUT2D eigenvalue weighted by Gasteiger charge is 2.30. The minimum Gasteiger partial charge on any atom is -0.477 e. The Balaban J connectivity index is 0.000000941. The predicted octanol–water partition coefficient (Wildman–Crippen LogP) is 3.32. The van der Waals surface area contributed by atoms with Crippen molar-refractivity contribution >= 4 is 28.0 Å². The molecule has 10 heteroatoms. The number of fused-ring (bicyclic) bond motifs is 1. The van der Waals surface area contributed by atoms with E-state index in [-0.39, 0.29) is 5.19 Å². The molecule has 1 saturated carbocycles. The van der Waals surface area contributed by atoms with Gasteiger partial charge in [-0.15, -0.1) is 0 Å². The third-order valence-corrected chi connectivity index (χ3v) is 5.15. The summed E-state index contributed by atoms with van der Waals surface area (Å²) in [7, 11) is 1.92. The van der Waals surface area contributed by atoms with Gasteiger partial charge in [-0.3, -0.25) is 0 Å². The second kappa shape index (κ2) is 11.9. The molecule has 29 heavy (non-hydrogen) atoms. The standard InChI is InChI=1S/C17H23F2N3O3S.C2H4O/c1-10(20-2)7-23-12-5-11(6-12)8-24-15-4-3-13-16(22-15)26-17(21-13)25-9-14(18)19;1-2-3/h3-4,10-12,14,20H,5-9H2,1-2H3;2H,1H3. The second-order valence-corrected chi connectivity index (χ2v) is 7.62. The summed E-state index contributed by atoms with van der Waals surface area (Å²) in [5.41, 5.74) is 0.613. The van der Waals surface area contributed by atoms with Crippen molar-refractivity contribution in [2.45, 2.75) is 45.3 Å². The Morgan fingerprint density at radius 3 is 2.66 bits per heavy atom. The molecule has 0 bridgehead atoms. The van der Waals surface area contributed by atoms with Crippen LogP contribution in [0.3, 0.4) is 0 Å². The van der Waals surface area contributed by atoms with Gasteiger partial charge in [0, 0.05) is 12.1 Å². The van der Waals surface area contributed by atoms with Crippen molar-refractivity contribution in [3.05, 3.63) is 12.1 Å². The van der Waals surface area contributed by atoms with Crippen molar-refractivity contribution in [1.29, 1.82) is 0 Å². The van der Waals surface area contributed by atoms with Gasteiger partial charge >= 0.3 is 0 Å². The molecule has 0 aromatic carbocycles. The summed E-state index contributed by atoms with van der Waals surface area (Å²) in [4.78, 5) is 17.9. The van der Waals surface area contributed by atoms with Crippen molar-refractivity contribution in [3.8, 4) is 11.1 Å². The SMILES string of the molecule is CC=O.CNC(C)COC1CC(COc2ccc3nc(OCC(F)F)sc3n2)C1. The molecule has 1 aliphatic carbocycles. The number of halogens is 2. The number of aromatic nitrogens is 2. The second-order valence-electron chi connectivity index (χ2n) is 6.68. The molecular formula is C19H27F2N3O4S. The molecule has 1 aliphatic rings. The third-order valence-electron chi connectivity index (χ3n) is 4.28. The van der Waals surface area contributed by atoms with E-state index in [9.17, 15) is 8.78 Å². The number of ether oxygens (including phenoxy) is 3. The maximum atomic E-state index is 12.2. The average molecular weight is 432 g/mol. The van der Waals surface area contributed by atoms with Gasteiger partial charge in [0.15, 0.2) is 11.4 Å². The summed E-state index contributed by atoms with van der Waals surface area (Å²) >= 11 is 1.14. The quantitative estimate of drug-likeness (QED) is 0.578. The summed E-state index contributed by atoms with van der Waals surface area (Å²) in [5, 5.41) is 3.34. The molecule has 1 unspecified atom stereocenters. The molecule has 1 fully saturated rings. The van der Waals surface area contributed by atoms with Gasteiger partial charge in [-0.1, -0.05) is 11.3 Å². The van der Waals surface area contributed by atoms with Crippen LogP contribution < -0.4 is 14.8 Å². The van der Waals surface area contributed by atoms with Crippen LogP contribution in [0.15, 0.2) is 12.1 Å². The fourth-order valence-corrected chi connectivity index (χ4v) is 3.36. The third kappa shape index (κ3) is 7.79. The van der Waals surface area contributed by atoms with E-state index < -0.39 is 13.0 Å². The van der Waals surface area contributed by atoms with E-state index in [1.54, 1.807) is 12.1 Å². The lowest BCUT2D eigenvalue weighted by Crippen LogP contribution is -2.38. The molecule has 0 radical (unpaired) electrons. The molecule has 2 aromatic rings. The van der Waals surface area contributed by atoms with Crippen LogP contribution in [-0.4, -0.2) is 61.7 Å². The maximum absolute atomic E-state index is 12.2. The van der Waals surface area contributed by atoms with Gasteiger partial charge in [0.1, 0.15) is 11.8 Å². The molecule has 162 valence electrons.